The molecular weight excluding hydrogens is 262 g/mol. The molecule has 2 rings (SSSR count). The van der Waals surface area contributed by atoms with E-state index in [1.54, 1.807) is 11.3 Å². The maximum absolute atomic E-state index is 6.24. The SMILES string of the molecule is N[C@H](c1sccc1Br)C1CCOCC1. The van der Waals surface area contributed by atoms with Crippen LogP contribution >= 0.6 is 27.3 Å². The predicted molar refractivity (Wildman–Crippen MR) is 62.5 cm³/mol. The van der Waals surface area contributed by atoms with Gasteiger partial charge in [0.25, 0.3) is 0 Å². The lowest BCUT2D eigenvalue weighted by Crippen LogP contribution is -2.27. The third kappa shape index (κ3) is 2.19. The molecule has 4 heteroatoms. The number of nitrogens with two attached hydrogens (primary N) is 1. The first-order chi connectivity index (χ1) is 6.79. The van der Waals surface area contributed by atoms with Crippen LogP contribution < -0.4 is 5.73 Å². The van der Waals surface area contributed by atoms with Gasteiger partial charge in [0.15, 0.2) is 0 Å². The van der Waals surface area contributed by atoms with Crippen LogP contribution in [0.4, 0.5) is 0 Å². The zero-order valence-electron chi connectivity index (χ0n) is 7.91. The molecule has 0 amide bonds. The average Bonchev–Trinajstić information content (AvgIpc) is 2.65. The standard InChI is InChI=1S/C10H14BrNOS/c11-8-3-6-14-10(8)9(12)7-1-4-13-5-2-7/h3,6-7,9H,1-2,4-5,12H2/t9-/m0/s1. The van der Waals surface area contributed by atoms with E-state index in [4.69, 9.17) is 10.5 Å². The van der Waals surface area contributed by atoms with Crippen molar-refractivity contribution in [2.24, 2.45) is 11.7 Å². The molecule has 1 atom stereocenters. The monoisotopic (exact) mass is 275 g/mol. The Morgan fingerprint density at radius 2 is 2.21 bits per heavy atom. The van der Waals surface area contributed by atoms with Crippen LogP contribution in [0.25, 0.3) is 0 Å². The number of hydrogen-bond donors (Lipinski definition) is 1. The van der Waals surface area contributed by atoms with Crippen molar-refractivity contribution in [2.45, 2.75) is 18.9 Å². The first kappa shape index (κ1) is 10.6. The Morgan fingerprint density at radius 3 is 2.79 bits per heavy atom. The highest BCUT2D eigenvalue weighted by Crippen LogP contribution is 2.35. The lowest BCUT2D eigenvalue weighted by molar-refractivity contribution is 0.0587. The second-order valence-corrected chi connectivity index (χ2v) is 5.41. The molecule has 1 aliphatic rings. The van der Waals surface area contributed by atoms with E-state index in [1.807, 2.05) is 0 Å². The van der Waals surface area contributed by atoms with Crippen LogP contribution in [0.3, 0.4) is 0 Å². The van der Waals surface area contributed by atoms with Crippen LogP contribution in [0, 0.1) is 5.92 Å². The van der Waals surface area contributed by atoms with Crippen LogP contribution in [0.5, 0.6) is 0 Å². The van der Waals surface area contributed by atoms with Gasteiger partial charge in [-0.1, -0.05) is 0 Å². The number of hydrogen-bond acceptors (Lipinski definition) is 3. The van der Waals surface area contributed by atoms with Gasteiger partial charge in [-0.05, 0) is 46.1 Å². The van der Waals surface area contributed by atoms with Crippen LogP contribution in [0.15, 0.2) is 15.9 Å². The summed E-state index contributed by atoms with van der Waals surface area (Å²) in [6.45, 7) is 1.72. The van der Waals surface area contributed by atoms with Gasteiger partial charge >= 0.3 is 0 Å². The lowest BCUT2D eigenvalue weighted by Gasteiger charge is -2.27. The molecule has 1 saturated heterocycles. The number of thiophene rings is 1. The van der Waals surface area contributed by atoms with E-state index < -0.39 is 0 Å². The van der Waals surface area contributed by atoms with Gasteiger partial charge in [0.2, 0.25) is 0 Å². The fourth-order valence-electron chi connectivity index (χ4n) is 1.83. The molecule has 14 heavy (non-hydrogen) atoms. The highest BCUT2D eigenvalue weighted by Gasteiger charge is 2.24. The maximum Gasteiger partial charge on any atom is 0.0469 e. The molecule has 0 spiro atoms. The Morgan fingerprint density at radius 1 is 1.50 bits per heavy atom. The van der Waals surface area contributed by atoms with E-state index in [2.05, 4.69) is 27.4 Å². The molecular formula is C10H14BrNOS. The van der Waals surface area contributed by atoms with Gasteiger partial charge in [0, 0.05) is 28.6 Å². The van der Waals surface area contributed by atoms with Gasteiger partial charge in [-0.2, -0.15) is 0 Å². The van der Waals surface area contributed by atoms with Crippen molar-refractivity contribution >= 4 is 27.3 Å². The van der Waals surface area contributed by atoms with Crippen molar-refractivity contribution in [3.63, 3.8) is 0 Å². The van der Waals surface area contributed by atoms with Crippen LogP contribution in [0.1, 0.15) is 23.8 Å². The van der Waals surface area contributed by atoms with Crippen molar-refractivity contribution in [1.29, 1.82) is 0 Å². The normalized spacial score (nSPS) is 21.0. The number of ether oxygens (including phenoxy) is 1. The summed E-state index contributed by atoms with van der Waals surface area (Å²) in [6, 6.07) is 2.24. The first-order valence-corrected chi connectivity index (χ1v) is 6.52. The van der Waals surface area contributed by atoms with Gasteiger partial charge in [-0.15, -0.1) is 11.3 Å². The summed E-state index contributed by atoms with van der Waals surface area (Å²) < 4.78 is 6.49. The van der Waals surface area contributed by atoms with E-state index in [-0.39, 0.29) is 6.04 Å². The average molecular weight is 276 g/mol. The van der Waals surface area contributed by atoms with Crippen LogP contribution in [-0.4, -0.2) is 13.2 Å². The minimum Gasteiger partial charge on any atom is -0.381 e. The molecule has 2 nitrogen and oxygen atoms in total. The van der Waals surface area contributed by atoms with E-state index in [1.165, 1.54) is 4.88 Å². The molecule has 1 aromatic heterocycles. The molecule has 1 aliphatic heterocycles. The summed E-state index contributed by atoms with van der Waals surface area (Å²) in [5.74, 6) is 0.582. The van der Waals surface area contributed by atoms with Crippen molar-refractivity contribution in [3.05, 3.63) is 20.8 Å². The van der Waals surface area contributed by atoms with E-state index in [0.717, 1.165) is 30.5 Å². The summed E-state index contributed by atoms with van der Waals surface area (Å²) in [6.07, 6.45) is 2.18. The smallest absolute Gasteiger partial charge is 0.0469 e. The Hall–Kier alpha value is 0.1000. The van der Waals surface area contributed by atoms with Gasteiger partial charge in [0.05, 0.1) is 0 Å². The summed E-state index contributed by atoms with van der Waals surface area (Å²) in [7, 11) is 0. The summed E-state index contributed by atoms with van der Waals surface area (Å²) >= 11 is 5.27. The minimum absolute atomic E-state index is 0.174. The zero-order valence-corrected chi connectivity index (χ0v) is 10.3. The molecule has 0 radical (unpaired) electrons. The van der Waals surface area contributed by atoms with Crippen LogP contribution in [0.2, 0.25) is 0 Å². The predicted octanol–water partition coefficient (Wildman–Crippen LogP) is 2.94. The fourth-order valence-corrected chi connectivity index (χ4v) is 3.57. The Labute approximate surface area is 96.6 Å². The summed E-state index contributed by atoms with van der Waals surface area (Å²) in [4.78, 5) is 1.27. The third-order valence-corrected chi connectivity index (χ3v) is 4.69. The fraction of sp³-hybridized carbons (Fsp3) is 0.600. The third-order valence-electron chi connectivity index (χ3n) is 2.72. The molecule has 0 bridgehead atoms. The lowest BCUT2D eigenvalue weighted by atomic mass is 9.91. The van der Waals surface area contributed by atoms with Gasteiger partial charge in [-0.3, -0.25) is 0 Å². The largest absolute Gasteiger partial charge is 0.381 e. The highest BCUT2D eigenvalue weighted by molar-refractivity contribution is 9.10. The molecule has 0 aliphatic carbocycles. The van der Waals surface area contributed by atoms with Gasteiger partial charge in [0.1, 0.15) is 0 Å². The van der Waals surface area contributed by atoms with Crippen molar-refractivity contribution < 1.29 is 4.74 Å². The van der Waals surface area contributed by atoms with E-state index in [0.29, 0.717) is 5.92 Å². The van der Waals surface area contributed by atoms with Crippen molar-refractivity contribution in [2.75, 3.05) is 13.2 Å². The summed E-state index contributed by atoms with van der Waals surface area (Å²) in [5.41, 5.74) is 6.24. The second kappa shape index (κ2) is 4.75. The Kier molecular flexibility index (Phi) is 3.60. The molecule has 1 aromatic rings. The molecule has 2 N–H and O–H groups in total. The van der Waals surface area contributed by atoms with E-state index >= 15 is 0 Å². The Bertz CT molecular complexity index is 296. The molecule has 1 fully saturated rings. The quantitative estimate of drug-likeness (QED) is 0.901. The number of rotatable bonds is 2. The Balaban J connectivity index is 2.07. The van der Waals surface area contributed by atoms with Crippen molar-refractivity contribution in [3.8, 4) is 0 Å². The molecule has 0 aromatic carbocycles. The van der Waals surface area contributed by atoms with E-state index in [9.17, 15) is 0 Å². The summed E-state index contributed by atoms with van der Waals surface area (Å²) in [5, 5.41) is 2.08. The molecule has 2 heterocycles. The number of halogens is 1. The second-order valence-electron chi connectivity index (χ2n) is 3.61. The maximum atomic E-state index is 6.24. The molecule has 0 unspecified atom stereocenters. The van der Waals surface area contributed by atoms with Crippen LogP contribution in [-0.2, 0) is 4.74 Å². The molecule has 78 valence electrons. The minimum atomic E-state index is 0.174. The molecule has 0 saturated carbocycles. The first-order valence-electron chi connectivity index (χ1n) is 4.85. The van der Waals surface area contributed by atoms with Gasteiger partial charge < -0.3 is 10.5 Å². The van der Waals surface area contributed by atoms with Gasteiger partial charge in [-0.25, -0.2) is 0 Å². The zero-order chi connectivity index (χ0) is 9.97. The topological polar surface area (TPSA) is 35.2 Å². The highest BCUT2D eigenvalue weighted by atomic mass is 79.9. The van der Waals surface area contributed by atoms with Crippen molar-refractivity contribution in [1.82, 2.24) is 0 Å².